The second-order valence-corrected chi connectivity index (χ2v) is 5.96. The van der Waals surface area contributed by atoms with Gasteiger partial charge in [-0.05, 0) is 44.0 Å². The zero-order valence-corrected chi connectivity index (χ0v) is 13.1. The number of carbonyl (C=O) groups is 1. The van der Waals surface area contributed by atoms with Crippen LogP contribution in [0.25, 0.3) is 5.69 Å². The molecule has 0 bridgehead atoms. The molecule has 1 aliphatic carbocycles. The number of hydrogen-bond acceptors (Lipinski definition) is 3. The van der Waals surface area contributed by atoms with Gasteiger partial charge in [0.1, 0.15) is 11.5 Å². The fraction of sp³-hybridized carbons (Fsp3) is 0.235. The lowest BCUT2D eigenvalue weighted by atomic mass is 10.1. The van der Waals surface area contributed by atoms with Crippen LogP contribution < -0.4 is 5.32 Å². The van der Waals surface area contributed by atoms with E-state index < -0.39 is 11.7 Å². The average molecular weight is 325 g/mol. The van der Waals surface area contributed by atoms with Crippen LogP contribution in [-0.2, 0) is 0 Å². The van der Waals surface area contributed by atoms with Crippen LogP contribution in [0.3, 0.4) is 0 Å². The van der Waals surface area contributed by atoms with Gasteiger partial charge < -0.3 is 5.32 Å². The number of hydrogen-bond donors (Lipinski definition) is 2. The van der Waals surface area contributed by atoms with Crippen molar-refractivity contribution < 1.29 is 9.18 Å². The van der Waals surface area contributed by atoms with Crippen molar-refractivity contribution in [2.45, 2.75) is 25.7 Å². The molecule has 2 N–H and O–H groups in total. The summed E-state index contributed by atoms with van der Waals surface area (Å²) >= 11 is 0. The Hall–Kier alpha value is -2.96. The van der Waals surface area contributed by atoms with Crippen LogP contribution in [-0.4, -0.2) is 25.9 Å². The Kier molecular flexibility index (Phi) is 3.41. The Balaban J connectivity index is 1.55. The van der Waals surface area contributed by atoms with E-state index in [0.717, 1.165) is 24.1 Å². The van der Waals surface area contributed by atoms with Gasteiger partial charge in [0.25, 0.3) is 5.91 Å². The minimum Gasteiger partial charge on any atom is -0.305 e. The Bertz CT molecular complexity index is 896. The van der Waals surface area contributed by atoms with Gasteiger partial charge in [0, 0.05) is 35.1 Å². The Morgan fingerprint density at radius 1 is 1.42 bits per heavy atom. The molecular formula is C17H16FN5O. The van der Waals surface area contributed by atoms with Crippen LogP contribution >= 0.6 is 0 Å². The number of H-pyrrole nitrogens is 1. The summed E-state index contributed by atoms with van der Waals surface area (Å²) in [5, 5.41) is 13.9. The summed E-state index contributed by atoms with van der Waals surface area (Å²) in [5.41, 5.74) is 2.55. The van der Waals surface area contributed by atoms with Crippen molar-refractivity contribution in [3.05, 3.63) is 59.3 Å². The number of anilines is 1. The second-order valence-electron chi connectivity index (χ2n) is 5.96. The quantitative estimate of drug-likeness (QED) is 0.773. The van der Waals surface area contributed by atoms with Crippen molar-refractivity contribution in [3.8, 4) is 5.69 Å². The van der Waals surface area contributed by atoms with Crippen molar-refractivity contribution >= 4 is 11.7 Å². The van der Waals surface area contributed by atoms with Gasteiger partial charge in [-0.25, -0.2) is 9.07 Å². The van der Waals surface area contributed by atoms with E-state index in [-0.39, 0.29) is 5.56 Å². The highest BCUT2D eigenvalue weighted by Gasteiger charge is 2.28. The third-order valence-electron chi connectivity index (χ3n) is 4.23. The summed E-state index contributed by atoms with van der Waals surface area (Å²) in [5.74, 6) is 0.119. The van der Waals surface area contributed by atoms with Crippen LogP contribution in [0.1, 0.15) is 40.4 Å². The molecule has 1 fully saturated rings. The zero-order valence-electron chi connectivity index (χ0n) is 13.1. The maximum Gasteiger partial charge on any atom is 0.256 e. The van der Waals surface area contributed by atoms with Crippen molar-refractivity contribution in [1.82, 2.24) is 20.0 Å². The molecule has 0 radical (unpaired) electrons. The Morgan fingerprint density at radius 3 is 2.92 bits per heavy atom. The zero-order chi connectivity index (χ0) is 16.7. The predicted octanol–water partition coefficient (Wildman–Crippen LogP) is 3.17. The van der Waals surface area contributed by atoms with E-state index in [0.29, 0.717) is 17.4 Å². The third kappa shape index (κ3) is 2.58. The van der Waals surface area contributed by atoms with E-state index in [4.69, 9.17) is 0 Å². The summed E-state index contributed by atoms with van der Waals surface area (Å²) in [7, 11) is 0. The molecule has 0 spiro atoms. The normalized spacial score (nSPS) is 13.9. The second kappa shape index (κ2) is 5.59. The van der Waals surface area contributed by atoms with Crippen molar-refractivity contribution in [2.75, 3.05) is 5.32 Å². The molecule has 1 aliphatic rings. The van der Waals surface area contributed by atoms with Crippen LogP contribution in [0, 0.1) is 12.7 Å². The summed E-state index contributed by atoms with van der Waals surface area (Å²) in [4.78, 5) is 12.4. The number of halogens is 1. The van der Waals surface area contributed by atoms with Crippen LogP contribution in [0.4, 0.5) is 10.2 Å². The lowest BCUT2D eigenvalue weighted by Crippen LogP contribution is -2.14. The van der Waals surface area contributed by atoms with Crippen molar-refractivity contribution in [1.29, 1.82) is 0 Å². The average Bonchev–Trinajstić information content (AvgIpc) is 3.14. The van der Waals surface area contributed by atoms with Gasteiger partial charge in [0.2, 0.25) is 0 Å². The first-order valence-electron chi connectivity index (χ1n) is 7.79. The van der Waals surface area contributed by atoms with Gasteiger partial charge in [0.15, 0.2) is 5.82 Å². The summed E-state index contributed by atoms with van der Waals surface area (Å²) in [6, 6.07) is 6.01. The molecule has 0 atom stereocenters. The highest BCUT2D eigenvalue weighted by molar-refractivity contribution is 6.04. The molecule has 0 unspecified atom stereocenters. The number of nitrogens with one attached hydrogen (secondary N) is 2. The molecule has 1 amide bonds. The first-order valence-corrected chi connectivity index (χ1v) is 7.79. The molecule has 6 nitrogen and oxygen atoms in total. The number of aromatic amines is 1. The van der Waals surface area contributed by atoms with E-state index in [9.17, 15) is 9.18 Å². The number of carbonyl (C=O) groups excluding carboxylic acids is 1. The molecule has 0 aliphatic heterocycles. The first-order chi connectivity index (χ1) is 11.6. The van der Waals surface area contributed by atoms with E-state index in [1.165, 1.54) is 16.8 Å². The van der Waals surface area contributed by atoms with Gasteiger partial charge >= 0.3 is 0 Å². The highest BCUT2D eigenvalue weighted by atomic mass is 19.1. The number of amides is 1. The topological polar surface area (TPSA) is 75.6 Å². The summed E-state index contributed by atoms with van der Waals surface area (Å²) in [6.45, 7) is 1.92. The van der Waals surface area contributed by atoms with E-state index in [1.54, 1.807) is 24.5 Å². The Labute approximate surface area is 137 Å². The molecule has 7 heteroatoms. The fourth-order valence-electron chi connectivity index (χ4n) is 2.73. The van der Waals surface area contributed by atoms with Crippen LogP contribution in [0.15, 0.2) is 36.7 Å². The Morgan fingerprint density at radius 2 is 2.25 bits per heavy atom. The van der Waals surface area contributed by atoms with Crippen molar-refractivity contribution in [3.63, 3.8) is 0 Å². The number of rotatable bonds is 4. The van der Waals surface area contributed by atoms with Gasteiger partial charge in [-0.2, -0.15) is 10.2 Å². The summed E-state index contributed by atoms with van der Waals surface area (Å²) < 4.78 is 15.7. The molecule has 3 aromatic rings. The van der Waals surface area contributed by atoms with Gasteiger partial charge in [-0.3, -0.25) is 9.89 Å². The number of nitrogens with zero attached hydrogens (tertiary/aromatic N) is 3. The molecule has 2 heterocycles. The standard InChI is InChI=1S/C17H16FN5O/c1-10-15(11-3-4-11)21-22-16(10)20-17(24)12-5-6-14(13(18)9-12)23-8-2-7-19-23/h2,5-9,11H,3-4H2,1H3,(H2,20,21,22,24). The molecule has 0 saturated heterocycles. The molecule has 4 rings (SSSR count). The van der Waals surface area contributed by atoms with Crippen LogP contribution in [0.2, 0.25) is 0 Å². The maximum absolute atomic E-state index is 14.2. The largest absolute Gasteiger partial charge is 0.305 e. The molecular weight excluding hydrogens is 309 g/mol. The number of aromatic nitrogens is 4. The molecule has 122 valence electrons. The molecule has 1 aromatic carbocycles. The van der Waals surface area contributed by atoms with Gasteiger partial charge in [-0.15, -0.1) is 0 Å². The monoisotopic (exact) mass is 325 g/mol. The van der Waals surface area contributed by atoms with Crippen molar-refractivity contribution in [2.24, 2.45) is 0 Å². The minimum absolute atomic E-state index is 0.235. The van der Waals surface area contributed by atoms with Gasteiger partial charge in [-0.1, -0.05) is 0 Å². The van der Waals surface area contributed by atoms with E-state index >= 15 is 0 Å². The SMILES string of the molecule is Cc1c(NC(=O)c2ccc(-n3cccn3)c(F)c2)n[nH]c1C1CC1. The van der Waals surface area contributed by atoms with E-state index in [2.05, 4.69) is 20.6 Å². The fourth-order valence-corrected chi connectivity index (χ4v) is 2.73. The lowest BCUT2D eigenvalue weighted by Gasteiger charge is -2.07. The van der Waals surface area contributed by atoms with Crippen LogP contribution in [0.5, 0.6) is 0 Å². The smallest absolute Gasteiger partial charge is 0.256 e. The third-order valence-corrected chi connectivity index (χ3v) is 4.23. The van der Waals surface area contributed by atoms with E-state index in [1.807, 2.05) is 6.92 Å². The molecule has 2 aromatic heterocycles. The predicted molar refractivity (Wildman–Crippen MR) is 86.8 cm³/mol. The van der Waals surface area contributed by atoms with Gasteiger partial charge in [0.05, 0.1) is 0 Å². The lowest BCUT2D eigenvalue weighted by molar-refractivity contribution is 0.102. The maximum atomic E-state index is 14.2. The number of benzene rings is 1. The molecule has 1 saturated carbocycles. The summed E-state index contributed by atoms with van der Waals surface area (Å²) in [6.07, 6.45) is 5.51. The first kappa shape index (κ1) is 14.6. The highest BCUT2D eigenvalue weighted by Crippen LogP contribution is 2.41. The minimum atomic E-state index is -0.510. The molecule has 24 heavy (non-hydrogen) atoms.